The smallest absolute Gasteiger partial charge is 0.305 e. The van der Waals surface area contributed by atoms with Gasteiger partial charge in [-0.2, -0.15) is 0 Å². The van der Waals surface area contributed by atoms with Crippen LogP contribution in [0.1, 0.15) is 19.8 Å². The maximum absolute atomic E-state index is 11.6. The summed E-state index contributed by atoms with van der Waals surface area (Å²) in [6, 6.07) is -0.272. The van der Waals surface area contributed by atoms with Gasteiger partial charge in [0.2, 0.25) is 5.91 Å². The number of nitrogens with one attached hydrogen (secondary N) is 2. The molecule has 1 aliphatic rings. The quantitative estimate of drug-likeness (QED) is 0.523. The van der Waals surface area contributed by atoms with Gasteiger partial charge in [0.15, 0.2) is 0 Å². The van der Waals surface area contributed by atoms with Gasteiger partial charge in [-0.05, 0) is 13.3 Å². The Morgan fingerprint density at radius 1 is 1.50 bits per heavy atom. The van der Waals surface area contributed by atoms with Crippen LogP contribution in [0.15, 0.2) is 0 Å². The van der Waals surface area contributed by atoms with E-state index in [0.717, 1.165) is 0 Å². The Balaban J connectivity index is 0.00000289. The van der Waals surface area contributed by atoms with E-state index in [2.05, 4.69) is 10.6 Å². The first-order valence-electron chi connectivity index (χ1n) is 5.98. The number of hydrogen-bond donors (Lipinski definition) is 2. The molecule has 1 amide bonds. The van der Waals surface area contributed by atoms with Gasteiger partial charge in [0.1, 0.15) is 6.04 Å². The average Bonchev–Trinajstić information content (AvgIpc) is 2.36. The number of rotatable bonds is 6. The molecule has 1 saturated heterocycles. The SMILES string of the molecule is CCOC(=O)CCCNC(=O)C1COCCN1.Cl. The molecule has 0 aromatic heterocycles. The van der Waals surface area contributed by atoms with Crippen LogP contribution in [0.25, 0.3) is 0 Å². The van der Waals surface area contributed by atoms with Gasteiger partial charge in [-0.1, -0.05) is 0 Å². The molecule has 7 heteroatoms. The number of carbonyl (C=O) groups excluding carboxylic acids is 2. The third-order valence-corrected chi connectivity index (χ3v) is 2.40. The standard InChI is InChI=1S/C11H20N2O4.ClH/c1-2-17-10(14)4-3-5-13-11(15)9-8-16-7-6-12-9;/h9,12H,2-8H2,1H3,(H,13,15);1H. The summed E-state index contributed by atoms with van der Waals surface area (Å²) in [5.41, 5.74) is 0. The van der Waals surface area contributed by atoms with Crippen LogP contribution >= 0.6 is 12.4 Å². The summed E-state index contributed by atoms with van der Waals surface area (Å²) in [5, 5.41) is 5.82. The van der Waals surface area contributed by atoms with Gasteiger partial charge in [-0.15, -0.1) is 12.4 Å². The van der Waals surface area contributed by atoms with E-state index in [1.54, 1.807) is 6.92 Å². The van der Waals surface area contributed by atoms with Crippen LogP contribution in [0, 0.1) is 0 Å². The van der Waals surface area contributed by atoms with Crippen LogP contribution in [0.3, 0.4) is 0 Å². The van der Waals surface area contributed by atoms with Crippen LogP contribution in [-0.4, -0.2) is 50.8 Å². The number of morpholine rings is 1. The zero-order valence-corrected chi connectivity index (χ0v) is 11.4. The summed E-state index contributed by atoms with van der Waals surface area (Å²) in [5.74, 6) is -0.297. The number of ether oxygens (including phenoxy) is 2. The third-order valence-electron chi connectivity index (χ3n) is 2.40. The average molecular weight is 281 g/mol. The predicted octanol–water partition coefficient (Wildman–Crippen LogP) is -0.144. The van der Waals surface area contributed by atoms with Gasteiger partial charge in [-0.3, -0.25) is 9.59 Å². The monoisotopic (exact) mass is 280 g/mol. The van der Waals surface area contributed by atoms with Crippen LogP contribution in [0.2, 0.25) is 0 Å². The molecule has 1 aliphatic heterocycles. The lowest BCUT2D eigenvalue weighted by Gasteiger charge is -2.22. The summed E-state index contributed by atoms with van der Waals surface area (Å²) < 4.78 is 9.96. The molecule has 1 heterocycles. The molecule has 0 radical (unpaired) electrons. The fourth-order valence-corrected chi connectivity index (χ4v) is 1.53. The van der Waals surface area contributed by atoms with Crippen LogP contribution in [-0.2, 0) is 19.1 Å². The second-order valence-corrected chi connectivity index (χ2v) is 3.78. The number of hydrogen-bond acceptors (Lipinski definition) is 5. The van der Waals surface area contributed by atoms with E-state index in [1.807, 2.05) is 0 Å². The second-order valence-electron chi connectivity index (χ2n) is 3.78. The minimum absolute atomic E-state index is 0. The van der Waals surface area contributed by atoms with E-state index < -0.39 is 0 Å². The van der Waals surface area contributed by atoms with Crippen LogP contribution < -0.4 is 10.6 Å². The van der Waals surface area contributed by atoms with E-state index in [-0.39, 0.29) is 30.3 Å². The zero-order valence-electron chi connectivity index (χ0n) is 10.6. The highest BCUT2D eigenvalue weighted by Gasteiger charge is 2.20. The van der Waals surface area contributed by atoms with Gasteiger partial charge in [0.25, 0.3) is 0 Å². The van der Waals surface area contributed by atoms with Crippen molar-refractivity contribution in [3.63, 3.8) is 0 Å². The maximum Gasteiger partial charge on any atom is 0.305 e. The third kappa shape index (κ3) is 6.78. The van der Waals surface area contributed by atoms with Crippen LogP contribution in [0.4, 0.5) is 0 Å². The molecule has 0 bridgehead atoms. The van der Waals surface area contributed by atoms with E-state index in [9.17, 15) is 9.59 Å². The second kappa shape index (κ2) is 10.1. The van der Waals surface area contributed by atoms with Crippen LogP contribution in [0.5, 0.6) is 0 Å². The lowest BCUT2D eigenvalue weighted by atomic mass is 10.2. The van der Waals surface area contributed by atoms with Gasteiger partial charge < -0.3 is 20.1 Å². The maximum atomic E-state index is 11.6. The highest BCUT2D eigenvalue weighted by Crippen LogP contribution is 1.95. The molecule has 0 aromatic carbocycles. The van der Waals surface area contributed by atoms with Crippen molar-refractivity contribution in [3.8, 4) is 0 Å². The Kier molecular flexibility index (Phi) is 9.63. The van der Waals surface area contributed by atoms with E-state index in [0.29, 0.717) is 45.8 Å². The van der Waals surface area contributed by atoms with Crippen molar-refractivity contribution in [2.45, 2.75) is 25.8 Å². The highest BCUT2D eigenvalue weighted by molar-refractivity contribution is 5.85. The predicted molar refractivity (Wildman–Crippen MR) is 68.7 cm³/mol. The summed E-state index contributed by atoms with van der Waals surface area (Å²) in [6.07, 6.45) is 0.931. The molecule has 1 fully saturated rings. The molecule has 0 aromatic rings. The van der Waals surface area contributed by atoms with Crippen molar-refractivity contribution in [1.29, 1.82) is 0 Å². The number of amides is 1. The van der Waals surface area contributed by atoms with Crippen molar-refractivity contribution in [3.05, 3.63) is 0 Å². The van der Waals surface area contributed by atoms with Crippen molar-refractivity contribution in [2.24, 2.45) is 0 Å². The zero-order chi connectivity index (χ0) is 12.5. The summed E-state index contributed by atoms with van der Waals surface area (Å²) >= 11 is 0. The van der Waals surface area contributed by atoms with Gasteiger partial charge in [0, 0.05) is 19.5 Å². The van der Waals surface area contributed by atoms with E-state index in [4.69, 9.17) is 9.47 Å². The topological polar surface area (TPSA) is 76.7 Å². The normalized spacial score (nSPS) is 18.6. The molecule has 2 N–H and O–H groups in total. The number of esters is 1. The first-order valence-corrected chi connectivity index (χ1v) is 5.98. The summed E-state index contributed by atoms with van der Waals surface area (Å²) in [4.78, 5) is 22.6. The number of halogens is 1. The van der Waals surface area contributed by atoms with Crippen molar-refractivity contribution >= 4 is 24.3 Å². The van der Waals surface area contributed by atoms with Gasteiger partial charge in [-0.25, -0.2) is 0 Å². The molecular formula is C11H21ClN2O4. The largest absolute Gasteiger partial charge is 0.466 e. The first kappa shape index (κ1) is 17.2. The number of carbonyl (C=O) groups is 2. The lowest BCUT2D eigenvalue weighted by Crippen LogP contribution is -2.51. The molecule has 0 aliphatic carbocycles. The van der Waals surface area contributed by atoms with Gasteiger partial charge in [0.05, 0.1) is 19.8 Å². The summed E-state index contributed by atoms with van der Waals surface area (Å²) in [7, 11) is 0. The first-order chi connectivity index (χ1) is 8.24. The van der Waals surface area contributed by atoms with Crippen molar-refractivity contribution in [1.82, 2.24) is 10.6 Å². The van der Waals surface area contributed by atoms with E-state index >= 15 is 0 Å². The Morgan fingerprint density at radius 3 is 2.89 bits per heavy atom. The lowest BCUT2D eigenvalue weighted by molar-refractivity contribution is -0.143. The Bertz CT molecular complexity index is 257. The van der Waals surface area contributed by atoms with Crippen molar-refractivity contribution in [2.75, 3.05) is 32.9 Å². The fourth-order valence-electron chi connectivity index (χ4n) is 1.53. The molecule has 1 unspecified atom stereocenters. The molecular weight excluding hydrogens is 260 g/mol. The Morgan fingerprint density at radius 2 is 2.28 bits per heavy atom. The minimum Gasteiger partial charge on any atom is -0.466 e. The summed E-state index contributed by atoms with van der Waals surface area (Å²) in [6.45, 7) is 4.40. The molecule has 106 valence electrons. The van der Waals surface area contributed by atoms with Gasteiger partial charge >= 0.3 is 5.97 Å². The minimum atomic E-state index is -0.272. The Hall–Kier alpha value is -0.850. The fraction of sp³-hybridized carbons (Fsp3) is 0.818. The molecule has 1 atom stereocenters. The molecule has 6 nitrogen and oxygen atoms in total. The molecule has 0 spiro atoms. The molecule has 0 saturated carbocycles. The van der Waals surface area contributed by atoms with Crippen molar-refractivity contribution < 1.29 is 19.1 Å². The molecule has 18 heavy (non-hydrogen) atoms. The van der Waals surface area contributed by atoms with E-state index in [1.165, 1.54) is 0 Å². The Labute approximate surface area is 113 Å². The molecule has 1 rings (SSSR count). The highest BCUT2D eigenvalue weighted by atomic mass is 35.5.